The summed E-state index contributed by atoms with van der Waals surface area (Å²) in [5.74, 6) is 0. The van der Waals surface area contributed by atoms with Crippen molar-refractivity contribution in [3.05, 3.63) is 224 Å². The third-order valence-corrected chi connectivity index (χ3v) is 12.1. The highest BCUT2D eigenvalue weighted by atomic mass is 15.2. The summed E-state index contributed by atoms with van der Waals surface area (Å²) >= 11 is 0. The van der Waals surface area contributed by atoms with Gasteiger partial charge in [-0.05, 0) is 112 Å². The molecule has 12 aromatic rings. The molecule has 0 atom stereocenters. The summed E-state index contributed by atoms with van der Waals surface area (Å²) in [5.41, 5.74) is 12.7. The van der Waals surface area contributed by atoms with Crippen molar-refractivity contribution in [2.75, 3.05) is 4.90 Å². The maximum atomic E-state index is 2.46. The predicted octanol–water partition coefficient (Wildman–Crippen LogP) is 15.3. The first-order chi connectivity index (χ1) is 29.3. The van der Waals surface area contributed by atoms with E-state index in [9.17, 15) is 0 Å². The first-order valence-corrected chi connectivity index (χ1v) is 20.3. The fourth-order valence-electron chi connectivity index (χ4n) is 9.51. The number of benzene rings is 10. The molecule has 0 aliphatic carbocycles. The second-order valence-corrected chi connectivity index (χ2v) is 15.3. The Morgan fingerprint density at radius 3 is 1.56 bits per heavy atom. The van der Waals surface area contributed by atoms with Gasteiger partial charge in [0, 0.05) is 44.3 Å². The second kappa shape index (κ2) is 13.4. The van der Waals surface area contributed by atoms with E-state index in [0.717, 1.165) is 34.0 Å². The Morgan fingerprint density at radius 1 is 0.305 bits per heavy atom. The van der Waals surface area contributed by atoms with Crippen molar-refractivity contribution in [3.8, 4) is 22.5 Å². The van der Waals surface area contributed by atoms with Crippen molar-refractivity contribution in [1.82, 2.24) is 9.13 Å². The molecule has 0 amide bonds. The Hall–Kier alpha value is -7.88. The number of para-hydroxylation sites is 4. The average molecular weight is 752 g/mol. The lowest BCUT2D eigenvalue weighted by atomic mass is 9.93. The van der Waals surface area contributed by atoms with Crippen molar-refractivity contribution in [2.24, 2.45) is 0 Å². The highest BCUT2D eigenvalue weighted by Gasteiger charge is 2.23. The van der Waals surface area contributed by atoms with E-state index in [-0.39, 0.29) is 0 Å². The van der Waals surface area contributed by atoms with E-state index in [1.54, 1.807) is 0 Å². The van der Waals surface area contributed by atoms with Crippen LogP contribution in [0.3, 0.4) is 0 Å². The molecule has 0 N–H and O–H groups in total. The molecule has 0 aliphatic heterocycles. The second-order valence-electron chi connectivity index (χ2n) is 15.3. The minimum Gasteiger partial charge on any atom is -0.310 e. The van der Waals surface area contributed by atoms with Crippen LogP contribution in [0.25, 0.3) is 87.7 Å². The molecule has 0 saturated heterocycles. The Kier molecular flexibility index (Phi) is 7.54. The Labute approximate surface area is 341 Å². The van der Waals surface area contributed by atoms with Crippen LogP contribution in [0.15, 0.2) is 224 Å². The zero-order chi connectivity index (χ0) is 38.9. The molecule has 0 aliphatic rings. The molecule has 276 valence electrons. The van der Waals surface area contributed by atoms with E-state index in [2.05, 4.69) is 238 Å². The van der Waals surface area contributed by atoms with Gasteiger partial charge in [-0.15, -0.1) is 0 Å². The standard InChI is InChI=1S/C56H37N3/c1-3-17-40(18-4-1)58-52-27-14-12-25-49(52)56-53(28-15-29-54(56)58)57(43-34-35-48-47-24-11-13-26-51(47)59(55(48)37-43)41-19-5-2-6-20-41)42-32-30-38(31-33-42)50-36-39-16-7-8-21-44(39)45-22-9-10-23-46(45)50/h1-37H. The molecule has 0 saturated carbocycles. The van der Waals surface area contributed by atoms with Crippen molar-refractivity contribution >= 4 is 82.2 Å². The molecule has 2 heterocycles. The van der Waals surface area contributed by atoms with Crippen LogP contribution < -0.4 is 4.90 Å². The summed E-state index contributed by atoms with van der Waals surface area (Å²) < 4.78 is 4.80. The summed E-state index contributed by atoms with van der Waals surface area (Å²) in [5, 5.41) is 9.94. The van der Waals surface area contributed by atoms with Crippen molar-refractivity contribution in [1.29, 1.82) is 0 Å². The molecule has 10 aromatic carbocycles. The van der Waals surface area contributed by atoms with Crippen LogP contribution >= 0.6 is 0 Å². The van der Waals surface area contributed by atoms with Crippen LogP contribution in [0, 0.1) is 0 Å². The van der Waals surface area contributed by atoms with Crippen LogP contribution in [0.2, 0.25) is 0 Å². The molecule has 3 nitrogen and oxygen atoms in total. The molecule has 0 spiro atoms. The van der Waals surface area contributed by atoms with Gasteiger partial charge in [0.1, 0.15) is 0 Å². The number of hydrogen-bond donors (Lipinski definition) is 0. The molecule has 2 aromatic heterocycles. The molecule has 0 radical (unpaired) electrons. The topological polar surface area (TPSA) is 13.1 Å². The summed E-state index contributed by atoms with van der Waals surface area (Å²) in [7, 11) is 0. The quantitative estimate of drug-likeness (QED) is 0.154. The van der Waals surface area contributed by atoms with Gasteiger partial charge in [0.25, 0.3) is 0 Å². The third-order valence-electron chi connectivity index (χ3n) is 12.1. The van der Waals surface area contributed by atoms with Gasteiger partial charge in [-0.25, -0.2) is 0 Å². The zero-order valence-electron chi connectivity index (χ0n) is 32.2. The Morgan fingerprint density at radius 2 is 0.831 bits per heavy atom. The van der Waals surface area contributed by atoms with Crippen molar-refractivity contribution < 1.29 is 0 Å². The molecule has 12 rings (SSSR count). The number of hydrogen-bond acceptors (Lipinski definition) is 1. The number of rotatable bonds is 6. The van der Waals surface area contributed by atoms with Gasteiger partial charge in [0.2, 0.25) is 0 Å². The van der Waals surface area contributed by atoms with E-state index >= 15 is 0 Å². The monoisotopic (exact) mass is 751 g/mol. The van der Waals surface area contributed by atoms with Gasteiger partial charge >= 0.3 is 0 Å². The van der Waals surface area contributed by atoms with Crippen molar-refractivity contribution in [2.45, 2.75) is 0 Å². The highest BCUT2D eigenvalue weighted by Crippen LogP contribution is 2.46. The maximum absolute atomic E-state index is 2.46. The lowest BCUT2D eigenvalue weighted by molar-refractivity contribution is 1.17. The Balaban J connectivity index is 1.12. The zero-order valence-corrected chi connectivity index (χ0v) is 32.2. The summed E-state index contributed by atoms with van der Waals surface area (Å²) in [6, 6.07) is 81.8. The normalized spacial score (nSPS) is 11.7. The fraction of sp³-hybridized carbons (Fsp3) is 0. The molecule has 59 heavy (non-hydrogen) atoms. The van der Waals surface area contributed by atoms with Crippen LogP contribution in [-0.2, 0) is 0 Å². The average Bonchev–Trinajstić information content (AvgIpc) is 3.83. The fourth-order valence-corrected chi connectivity index (χ4v) is 9.51. The minimum absolute atomic E-state index is 1.09. The lowest BCUT2D eigenvalue weighted by Gasteiger charge is -2.27. The van der Waals surface area contributed by atoms with Crippen LogP contribution in [0.4, 0.5) is 17.1 Å². The molecular formula is C56H37N3. The van der Waals surface area contributed by atoms with E-state index < -0.39 is 0 Å². The first kappa shape index (κ1) is 33.3. The van der Waals surface area contributed by atoms with E-state index in [0.29, 0.717) is 0 Å². The molecule has 0 fully saturated rings. The Bertz CT molecular complexity index is 3540. The van der Waals surface area contributed by atoms with Gasteiger partial charge in [-0.3, -0.25) is 0 Å². The SMILES string of the molecule is c1ccc(-n2c3ccccc3c3ccc(N(c4ccc(-c5cc6ccccc6c6ccccc56)cc4)c4cccc5c4c4ccccc4n5-c4ccccc4)cc32)cc1. The number of fused-ring (bicyclic) bond motifs is 9. The van der Waals surface area contributed by atoms with Gasteiger partial charge < -0.3 is 14.0 Å². The van der Waals surface area contributed by atoms with Crippen molar-refractivity contribution in [3.63, 3.8) is 0 Å². The first-order valence-electron chi connectivity index (χ1n) is 20.3. The molecule has 3 heteroatoms. The van der Waals surface area contributed by atoms with Gasteiger partial charge in [-0.2, -0.15) is 0 Å². The summed E-state index contributed by atoms with van der Waals surface area (Å²) in [4.78, 5) is 2.46. The number of nitrogens with zero attached hydrogens (tertiary/aromatic N) is 3. The molecule has 0 unspecified atom stereocenters. The summed E-state index contributed by atoms with van der Waals surface area (Å²) in [6.07, 6.45) is 0. The van der Waals surface area contributed by atoms with Crippen LogP contribution in [0.1, 0.15) is 0 Å². The summed E-state index contributed by atoms with van der Waals surface area (Å²) in [6.45, 7) is 0. The largest absolute Gasteiger partial charge is 0.310 e. The third kappa shape index (κ3) is 5.22. The smallest absolute Gasteiger partial charge is 0.0562 e. The van der Waals surface area contributed by atoms with Crippen LogP contribution in [-0.4, -0.2) is 9.13 Å². The number of aromatic nitrogens is 2. The minimum atomic E-state index is 1.09. The predicted molar refractivity (Wildman–Crippen MR) is 250 cm³/mol. The maximum Gasteiger partial charge on any atom is 0.0562 e. The molecular weight excluding hydrogens is 715 g/mol. The van der Waals surface area contributed by atoms with E-state index in [4.69, 9.17) is 0 Å². The number of anilines is 3. The van der Waals surface area contributed by atoms with Gasteiger partial charge in [0.15, 0.2) is 0 Å². The highest BCUT2D eigenvalue weighted by molar-refractivity contribution is 6.18. The van der Waals surface area contributed by atoms with E-state index in [1.165, 1.54) is 70.8 Å². The van der Waals surface area contributed by atoms with Gasteiger partial charge in [0.05, 0.1) is 27.8 Å². The van der Waals surface area contributed by atoms with Crippen LogP contribution in [0.5, 0.6) is 0 Å². The lowest BCUT2D eigenvalue weighted by Crippen LogP contribution is -2.10. The van der Waals surface area contributed by atoms with Gasteiger partial charge in [-0.1, -0.05) is 146 Å². The molecule has 0 bridgehead atoms. The van der Waals surface area contributed by atoms with E-state index in [1.807, 2.05) is 0 Å².